The molecule has 7 nitrogen and oxygen atoms in total. The minimum Gasteiger partial charge on any atom is -0.480 e. The molecule has 2 saturated heterocycles. The van der Waals surface area contributed by atoms with Gasteiger partial charge in [0.05, 0.1) is 12.5 Å². The molecule has 5 atom stereocenters. The molecular weight excluding hydrogens is 336 g/mol. The second kappa shape index (κ2) is 6.22. The van der Waals surface area contributed by atoms with Gasteiger partial charge in [-0.05, 0) is 23.2 Å². The highest BCUT2D eigenvalue weighted by Crippen LogP contribution is 2.65. The lowest BCUT2D eigenvalue weighted by molar-refractivity contribution is -0.153. The average molecular weight is 366 g/mol. The number of nitrogens with one attached hydrogen (secondary N) is 1. The number of nitrogens with zero attached hydrogens (tertiary/aromatic N) is 1. The van der Waals surface area contributed by atoms with Crippen molar-refractivity contribution >= 4 is 17.8 Å². The van der Waals surface area contributed by atoms with Crippen LogP contribution in [0.25, 0.3) is 0 Å². The molecule has 1 saturated carbocycles. The average Bonchev–Trinajstić information content (AvgIpc) is 3.01. The normalized spacial score (nSPS) is 33.5. The number of hydrogen-bond donors (Lipinski definition) is 2. The van der Waals surface area contributed by atoms with Gasteiger partial charge in [0.2, 0.25) is 11.8 Å². The maximum absolute atomic E-state index is 13.3. The molecule has 2 N–H and O–H groups in total. The summed E-state index contributed by atoms with van der Waals surface area (Å²) in [7, 11) is 0. The lowest BCUT2D eigenvalue weighted by atomic mass is 9.84. The number of aliphatic carboxylic acids is 1. The number of carbonyl (C=O) groups excluding carboxylic acids is 2. The summed E-state index contributed by atoms with van der Waals surface area (Å²) in [6, 6.07) is -1.56. The molecule has 7 heteroatoms. The standard InChI is InChI=1S/C19H30N2O5/c1-18(2,3)14(20-15(22)10-6-7-26-9-10)16(23)21-8-11-12(19(11,4)5)13(21)17(24)25/h10-14H,6-9H2,1-5H3,(H,20,22)(H,24,25)/t10-,11+,12+,13+,14?/m1/s1. The van der Waals surface area contributed by atoms with E-state index in [4.69, 9.17) is 4.74 Å². The Hall–Kier alpha value is -1.63. The first-order valence-corrected chi connectivity index (χ1v) is 9.37. The molecule has 2 heterocycles. The molecule has 0 bridgehead atoms. The van der Waals surface area contributed by atoms with Crippen molar-refractivity contribution in [2.75, 3.05) is 19.8 Å². The molecular formula is C19H30N2O5. The number of likely N-dealkylation sites (tertiary alicyclic amines) is 1. The molecule has 0 aromatic carbocycles. The fourth-order valence-corrected chi connectivity index (χ4v) is 4.61. The highest BCUT2D eigenvalue weighted by Gasteiger charge is 2.70. The van der Waals surface area contributed by atoms with E-state index in [1.165, 1.54) is 4.90 Å². The lowest BCUT2D eigenvalue weighted by Crippen LogP contribution is -2.58. The lowest BCUT2D eigenvalue weighted by Gasteiger charge is -2.37. The molecule has 1 aliphatic carbocycles. The zero-order valence-corrected chi connectivity index (χ0v) is 16.2. The number of fused-ring (bicyclic) bond motifs is 1. The minimum atomic E-state index is -0.959. The Bertz CT molecular complexity index is 618. The Morgan fingerprint density at radius 3 is 2.42 bits per heavy atom. The second-order valence-corrected chi connectivity index (χ2v) is 9.60. The van der Waals surface area contributed by atoms with Gasteiger partial charge in [-0.1, -0.05) is 34.6 Å². The SMILES string of the molecule is CC(C)(C)C(NC(=O)[C@@H]1CCOC1)C(=O)N1C[C@H]2[C@@H]([C@H]1C(=O)O)C2(C)C. The summed E-state index contributed by atoms with van der Waals surface area (Å²) >= 11 is 0. The van der Waals surface area contributed by atoms with E-state index in [0.717, 1.165) is 0 Å². The van der Waals surface area contributed by atoms with Crippen molar-refractivity contribution in [2.24, 2.45) is 28.6 Å². The third kappa shape index (κ3) is 3.10. The van der Waals surface area contributed by atoms with Crippen LogP contribution in [0, 0.1) is 28.6 Å². The number of hydrogen-bond acceptors (Lipinski definition) is 4. The van der Waals surface area contributed by atoms with Gasteiger partial charge in [0, 0.05) is 19.1 Å². The van der Waals surface area contributed by atoms with Crippen LogP contribution in [0.4, 0.5) is 0 Å². The number of carboxylic acids is 1. The summed E-state index contributed by atoms with van der Waals surface area (Å²) in [4.78, 5) is 39.1. The Morgan fingerprint density at radius 2 is 1.92 bits per heavy atom. The van der Waals surface area contributed by atoms with Gasteiger partial charge in [0.25, 0.3) is 0 Å². The maximum atomic E-state index is 13.3. The molecule has 0 aromatic heterocycles. The fraction of sp³-hybridized carbons (Fsp3) is 0.842. The van der Waals surface area contributed by atoms with E-state index >= 15 is 0 Å². The highest BCUT2D eigenvalue weighted by atomic mass is 16.5. The first-order chi connectivity index (χ1) is 12.0. The number of rotatable bonds is 4. The van der Waals surface area contributed by atoms with Crippen molar-refractivity contribution in [1.82, 2.24) is 10.2 Å². The summed E-state index contributed by atoms with van der Waals surface area (Å²) in [5.41, 5.74) is -0.556. The van der Waals surface area contributed by atoms with Gasteiger partial charge in [0.1, 0.15) is 12.1 Å². The molecule has 1 unspecified atom stereocenters. The third-order valence-corrected chi connectivity index (χ3v) is 6.44. The van der Waals surface area contributed by atoms with Crippen molar-refractivity contribution < 1.29 is 24.2 Å². The van der Waals surface area contributed by atoms with Gasteiger partial charge >= 0.3 is 5.97 Å². The Kier molecular flexibility index (Phi) is 4.58. The van der Waals surface area contributed by atoms with E-state index in [1.54, 1.807) is 0 Å². The largest absolute Gasteiger partial charge is 0.480 e. The topological polar surface area (TPSA) is 95.9 Å². The molecule has 146 valence electrons. The summed E-state index contributed by atoms with van der Waals surface area (Å²) in [5, 5.41) is 12.6. The first-order valence-electron chi connectivity index (χ1n) is 9.37. The van der Waals surface area contributed by atoms with Crippen molar-refractivity contribution in [3.05, 3.63) is 0 Å². The van der Waals surface area contributed by atoms with Crippen LogP contribution in [0.3, 0.4) is 0 Å². The summed E-state index contributed by atoms with van der Waals surface area (Å²) < 4.78 is 5.26. The molecule has 0 aromatic rings. The fourth-order valence-electron chi connectivity index (χ4n) is 4.61. The Morgan fingerprint density at radius 1 is 1.27 bits per heavy atom. The first kappa shape index (κ1) is 19.1. The van der Waals surface area contributed by atoms with Crippen LogP contribution >= 0.6 is 0 Å². The van der Waals surface area contributed by atoms with Gasteiger partial charge in [-0.15, -0.1) is 0 Å². The Labute approximate surface area is 154 Å². The van der Waals surface area contributed by atoms with E-state index < -0.39 is 23.5 Å². The van der Waals surface area contributed by atoms with E-state index in [2.05, 4.69) is 19.2 Å². The molecule has 3 rings (SSSR count). The van der Waals surface area contributed by atoms with E-state index in [-0.39, 0.29) is 35.0 Å². The zero-order valence-electron chi connectivity index (χ0n) is 16.2. The molecule has 3 aliphatic rings. The highest BCUT2D eigenvalue weighted by molar-refractivity contribution is 5.92. The van der Waals surface area contributed by atoms with E-state index in [0.29, 0.717) is 26.2 Å². The van der Waals surface area contributed by atoms with Gasteiger partial charge in [0.15, 0.2) is 0 Å². The number of carbonyl (C=O) groups is 3. The molecule has 26 heavy (non-hydrogen) atoms. The number of ether oxygens (including phenoxy) is 1. The van der Waals surface area contributed by atoms with E-state index in [1.807, 2.05) is 20.8 Å². The summed E-state index contributed by atoms with van der Waals surface area (Å²) in [6.45, 7) is 11.1. The van der Waals surface area contributed by atoms with E-state index in [9.17, 15) is 19.5 Å². The van der Waals surface area contributed by atoms with Crippen LogP contribution in [0.15, 0.2) is 0 Å². The summed E-state index contributed by atoms with van der Waals surface area (Å²) in [6.07, 6.45) is 0.649. The molecule has 0 radical (unpaired) electrons. The molecule has 2 amide bonds. The van der Waals surface area contributed by atoms with Crippen LogP contribution in [0.1, 0.15) is 41.0 Å². The van der Waals surface area contributed by atoms with Crippen molar-refractivity contribution in [3.8, 4) is 0 Å². The monoisotopic (exact) mass is 366 g/mol. The van der Waals surface area contributed by atoms with Crippen LogP contribution in [0.5, 0.6) is 0 Å². The summed E-state index contributed by atoms with van der Waals surface area (Å²) in [5.74, 6) is -1.48. The smallest absolute Gasteiger partial charge is 0.326 e. The van der Waals surface area contributed by atoms with Gasteiger partial charge in [-0.2, -0.15) is 0 Å². The quantitative estimate of drug-likeness (QED) is 0.777. The minimum absolute atomic E-state index is 0.0106. The van der Waals surface area contributed by atoms with Gasteiger partial charge < -0.3 is 20.1 Å². The molecule has 0 spiro atoms. The van der Waals surface area contributed by atoms with Crippen LogP contribution in [-0.2, 0) is 19.1 Å². The van der Waals surface area contributed by atoms with Gasteiger partial charge in [-0.25, -0.2) is 4.79 Å². The van der Waals surface area contributed by atoms with Crippen molar-refractivity contribution in [1.29, 1.82) is 0 Å². The Balaban J connectivity index is 1.78. The van der Waals surface area contributed by atoms with Crippen LogP contribution < -0.4 is 5.32 Å². The van der Waals surface area contributed by atoms with Crippen molar-refractivity contribution in [3.63, 3.8) is 0 Å². The van der Waals surface area contributed by atoms with Crippen LogP contribution in [0.2, 0.25) is 0 Å². The number of amides is 2. The second-order valence-electron chi connectivity index (χ2n) is 9.60. The predicted octanol–water partition coefficient (Wildman–Crippen LogP) is 1.12. The van der Waals surface area contributed by atoms with Gasteiger partial charge in [-0.3, -0.25) is 9.59 Å². The zero-order chi connectivity index (χ0) is 19.4. The molecule has 3 fully saturated rings. The van der Waals surface area contributed by atoms with Crippen molar-refractivity contribution in [2.45, 2.75) is 53.1 Å². The number of piperidine rings is 1. The molecule has 2 aliphatic heterocycles. The third-order valence-electron chi connectivity index (χ3n) is 6.44. The maximum Gasteiger partial charge on any atom is 0.326 e. The van der Waals surface area contributed by atoms with Crippen LogP contribution in [-0.4, -0.2) is 59.6 Å². The number of carboxylic acid groups (broad SMARTS) is 1. The predicted molar refractivity (Wildman–Crippen MR) is 94.2 cm³/mol.